The maximum atomic E-state index is 3.95. The molecular weight excluding hydrogens is 170 g/mol. The Balaban J connectivity index is 2.11. The van der Waals surface area contributed by atoms with Gasteiger partial charge in [-0.25, -0.2) is 0 Å². The monoisotopic (exact) mass is 195 g/mol. The fraction of sp³-hybridized carbons (Fsp3) is 0.846. The molecule has 0 aromatic heterocycles. The zero-order valence-electron chi connectivity index (χ0n) is 9.81. The molecule has 1 saturated carbocycles. The summed E-state index contributed by atoms with van der Waals surface area (Å²) >= 11 is 0. The minimum Gasteiger partial charge on any atom is -0.314 e. The van der Waals surface area contributed by atoms with E-state index in [2.05, 4.69) is 25.7 Å². The van der Waals surface area contributed by atoms with Crippen LogP contribution in [0.5, 0.6) is 0 Å². The molecule has 1 N–H and O–H groups in total. The molecule has 0 saturated heterocycles. The summed E-state index contributed by atoms with van der Waals surface area (Å²) in [6, 6.07) is 0.800. The van der Waals surface area contributed by atoms with Crippen molar-refractivity contribution in [1.82, 2.24) is 5.32 Å². The largest absolute Gasteiger partial charge is 0.314 e. The summed E-state index contributed by atoms with van der Waals surface area (Å²) in [5.74, 6) is 0.992. The lowest BCUT2D eigenvalue weighted by Gasteiger charge is -2.17. The highest BCUT2D eigenvalue weighted by molar-refractivity contribution is 4.90. The van der Waals surface area contributed by atoms with Gasteiger partial charge in [0, 0.05) is 6.04 Å². The molecule has 0 aromatic carbocycles. The van der Waals surface area contributed by atoms with E-state index in [4.69, 9.17) is 0 Å². The average molecular weight is 195 g/mol. The van der Waals surface area contributed by atoms with Crippen LogP contribution in [-0.2, 0) is 0 Å². The quantitative estimate of drug-likeness (QED) is 0.584. The number of hydrogen-bond donors (Lipinski definition) is 1. The topological polar surface area (TPSA) is 12.0 Å². The van der Waals surface area contributed by atoms with E-state index in [1.54, 1.807) is 0 Å². The van der Waals surface area contributed by atoms with Gasteiger partial charge in [-0.2, -0.15) is 0 Å². The number of allylic oxidation sites excluding steroid dienone is 1. The molecular formula is C13H25N. The number of rotatable bonds is 8. The van der Waals surface area contributed by atoms with Crippen molar-refractivity contribution in [1.29, 1.82) is 0 Å². The fourth-order valence-corrected chi connectivity index (χ4v) is 1.96. The van der Waals surface area contributed by atoms with E-state index >= 15 is 0 Å². The zero-order chi connectivity index (χ0) is 10.4. The second-order valence-corrected chi connectivity index (χ2v) is 4.75. The van der Waals surface area contributed by atoms with Gasteiger partial charge < -0.3 is 5.32 Å². The number of hydrogen-bond acceptors (Lipinski definition) is 1. The second-order valence-electron chi connectivity index (χ2n) is 4.75. The Morgan fingerprint density at radius 3 is 2.71 bits per heavy atom. The van der Waals surface area contributed by atoms with Crippen LogP contribution in [0.2, 0.25) is 0 Å². The maximum absolute atomic E-state index is 3.95. The van der Waals surface area contributed by atoms with Gasteiger partial charge >= 0.3 is 0 Å². The van der Waals surface area contributed by atoms with Crippen LogP contribution in [0.15, 0.2) is 12.2 Å². The minimum atomic E-state index is 0.800. The van der Waals surface area contributed by atoms with Crippen molar-refractivity contribution in [2.75, 3.05) is 6.54 Å². The van der Waals surface area contributed by atoms with Crippen LogP contribution in [0.1, 0.15) is 52.4 Å². The molecule has 1 aliphatic carbocycles. The lowest BCUT2D eigenvalue weighted by atomic mass is 10.0. The van der Waals surface area contributed by atoms with E-state index in [9.17, 15) is 0 Å². The molecule has 14 heavy (non-hydrogen) atoms. The van der Waals surface area contributed by atoms with E-state index in [-0.39, 0.29) is 0 Å². The van der Waals surface area contributed by atoms with Crippen LogP contribution in [-0.4, -0.2) is 12.6 Å². The molecule has 0 spiro atoms. The van der Waals surface area contributed by atoms with Crippen LogP contribution in [0.25, 0.3) is 0 Å². The Labute approximate surface area is 89.0 Å². The van der Waals surface area contributed by atoms with Gasteiger partial charge in [0.25, 0.3) is 0 Å². The van der Waals surface area contributed by atoms with Gasteiger partial charge in [0.2, 0.25) is 0 Å². The maximum Gasteiger partial charge on any atom is 0.00954 e. The normalized spacial score (nSPS) is 18.1. The summed E-state index contributed by atoms with van der Waals surface area (Å²) in [5.41, 5.74) is 1.33. The van der Waals surface area contributed by atoms with Crippen molar-refractivity contribution in [2.24, 2.45) is 5.92 Å². The lowest BCUT2D eigenvalue weighted by molar-refractivity contribution is 0.425. The molecule has 1 aliphatic rings. The Bertz CT molecular complexity index is 170. The molecule has 0 heterocycles. The Kier molecular flexibility index (Phi) is 5.24. The van der Waals surface area contributed by atoms with Crippen LogP contribution in [0, 0.1) is 5.92 Å². The van der Waals surface area contributed by atoms with Crippen molar-refractivity contribution >= 4 is 0 Å². The summed E-state index contributed by atoms with van der Waals surface area (Å²) < 4.78 is 0. The molecule has 0 amide bonds. The molecule has 1 nitrogen and oxygen atoms in total. The molecule has 1 unspecified atom stereocenters. The van der Waals surface area contributed by atoms with Crippen LogP contribution in [0.3, 0.4) is 0 Å². The van der Waals surface area contributed by atoms with E-state index in [1.165, 1.54) is 50.6 Å². The molecule has 0 radical (unpaired) electrons. The van der Waals surface area contributed by atoms with Gasteiger partial charge in [-0.05, 0) is 57.9 Å². The van der Waals surface area contributed by atoms with Gasteiger partial charge in [-0.1, -0.05) is 12.5 Å². The van der Waals surface area contributed by atoms with E-state index in [1.807, 2.05) is 0 Å². The average Bonchev–Trinajstić information content (AvgIpc) is 2.93. The molecule has 1 rings (SSSR count). The standard InChI is InChI=1S/C13H25N/c1-4-10-14-13(12-8-9-12)7-5-6-11(2)3/h12-14H,2,4-10H2,1,3H3. The molecule has 0 aliphatic heterocycles. The summed E-state index contributed by atoms with van der Waals surface area (Å²) in [5, 5.41) is 3.68. The smallest absolute Gasteiger partial charge is 0.00954 e. The van der Waals surface area contributed by atoms with Crippen molar-refractivity contribution < 1.29 is 0 Å². The molecule has 1 heteroatoms. The summed E-state index contributed by atoms with van der Waals surface area (Å²) in [4.78, 5) is 0. The van der Waals surface area contributed by atoms with Crippen molar-refractivity contribution in [3.05, 3.63) is 12.2 Å². The minimum absolute atomic E-state index is 0.800. The third-order valence-electron chi connectivity index (χ3n) is 2.97. The highest BCUT2D eigenvalue weighted by Gasteiger charge is 2.29. The molecule has 1 atom stereocenters. The van der Waals surface area contributed by atoms with Gasteiger partial charge in [0.05, 0.1) is 0 Å². The van der Waals surface area contributed by atoms with Crippen molar-refractivity contribution in [3.63, 3.8) is 0 Å². The predicted octanol–water partition coefficient (Wildman–Crippen LogP) is 3.51. The molecule has 1 fully saturated rings. The first-order valence-electron chi connectivity index (χ1n) is 6.11. The van der Waals surface area contributed by atoms with E-state index in [0.717, 1.165) is 12.0 Å². The van der Waals surface area contributed by atoms with Gasteiger partial charge in [-0.15, -0.1) is 6.58 Å². The highest BCUT2D eigenvalue weighted by atomic mass is 14.9. The third-order valence-corrected chi connectivity index (χ3v) is 2.97. The van der Waals surface area contributed by atoms with Crippen LogP contribution < -0.4 is 5.32 Å². The molecule has 0 bridgehead atoms. The zero-order valence-corrected chi connectivity index (χ0v) is 9.81. The Morgan fingerprint density at radius 2 is 2.21 bits per heavy atom. The lowest BCUT2D eigenvalue weighted by Crippen LogP contribution is -2.31. The summed E-state index contributed by atoms with van der Waals surface area (Å²) in [6.07, 6.45) is 8.02. The molecule has 0 aromatic rings. The highest BCUT2D eigenvalue weighted by Crippen LogP contribution is 2.34. The predicted molar refractivity (Wildman–Crippen MR) is 63.5 cm³/mol. The number of nitrogens with one attached hydrogen (secondary N) is 1. The first-order valence-corrected chi connectivity index (χ1v) is 6.11. The Hall–Kier alpha value is -0.300. The fourth-order valence-electron chi connectivity index (χ4n) is 1.96. The summed E-state index contributed by atoms with van der Waals surface area (Å²) in [7, 11) is 0. The van der Waals surface area contributed by atoms with E-state index in [0.29, 0.717) is 0 Å². The second kappa shape index (κ2) is 6.23. The Morgan fingerprint density at radius 1 is 1.50 bits per heavy atom. The van der Waals surface area contributed by atoms with Crippen molar-refractivity contribution in [3.8, 4) is 0 Å². The van der Waals surface area contributed by atoms with Gasteiger partial charge in [0.1, 0.15) is 0 Å². The summed E-state index contributed by atoms with van der Waals surface area (Å²) in [6.45, 7) is 9.51. The SMILES string of the molecule is C=C(C)CCCC(NCCC)C1CC1. The van der Waals surface area contributed by atoms with Gasteiger partial charge in [-0.3, -0.25) is 0 Å². The first-order chi connectivity index (χ1) is 6.74. The van der Waals surface area contributed by atoms with Crippen LogP contribution in [0.4, 0.5) is 0 Å². The first kappa shape index (κ1) is 11.8. The van der Waals surface area contributed by atoms with Crippen molar-refractivity contribution in [2.45, 2.75) is 58.4 Å². The molecule has 82 valence electrons. The van der Waals surface area contributed by atoms with Crippen LogP contribution >= 0.6 is 0 Å². The third kappa shape index (κ3) is 4.80. The van der Waals surface area contributed by atoms with E-state index < -0.39 is 0 Å². The van der Waals surface area contributed by atoms with Gasteiger partial charge in [0.15, 0.2) is 0 Å².